The molecule has 1 N–H and O–H groups in total. The zero-order valence-electron chi connectivity index (χ0n) is 10.2. The Hall–Kier alpha value is -1.91. The van der Waals surface area contributed by atoms with Crippen molar-refractivity contribution in [1.29, 1.82) is 0 Å². The SMILES string of the molecule is COC(=O)c1ccc(F)c(NC(=O)[C@@H]2C[C@@H]2C)c1. The molecule has 4 nitrogen and oxygen atoms in total. The highest BCUT2D eigenvalue weighted by Gasteiger charge is 2.39. The van der Waals surface area contributed by atoms with E-state index in [-0.39, 0.29) is 23.1 Å². The molecule has 0 aromatic heterocycles. The van der Waals surface area contributed by atoms with Crippen molar-refractivity contribution in [3.05, 3.63) is 29.6 Å². The van der Waals surface area contributed by atoms with Gasteiger partial charge in [-0.05, 0) is 30.5 Å². The Labute approximate surface area is 104 Å². The molecular formula is C13H14FNO3. The van der Waals surface area contributed by atoms with Gasteiger partial charge in [0.15, 0.2) is 0 Å². The van der Waals surface area contributed by atoms with Crippen molar-refractivity contribution in [1.82, 2.24) is 0 Å². The fourth-order valence-corrected chi connectivity index (χ4v) is 1.78. The molecule has 0 heterocycles. The summed E-state index contributed by atoms with van der Waals surface area (Å²) in [5.74, 6) is -1.04. The van der Waals surface area contributed by atoms with Gasteiger partial charge in [0.25, 0.3) is 0 Å². The first-order valence-corrected chi connectivity index (χ1v) is 5.71. The van der Waals surface area contributed by atoms with E-state index in [9.17, 15) is 14.0 Å². The second kappa shape index (κ2) is 4.76. The van der Waals surface area contributed by atoms with Gasteiger partial charge in [-0.25, -0.2) is 9.18 Å². The molecule has 0 spiro atoms. The summed E-state index contributed by atoms with van der Waals surface area (Å²) in [7, 11) is 1.25. The lowest BCUT2D eigenvalue weighted by atomic mass is 10.2. The molecule has 2 atom stereocenters. The van der Waals surface area contributed by atoms with E-state index < -0.39 is 11.8 Å². The molecule has 1 aliphatic carbocycles. The van der Waals surface area contributed by atoms with E-state index in [1.54, 1.807) is 0 Å². The van der Waals surface area contributed by atoms with Gasteiger partial charge in [0.05, 0.1) is 18.4 Å². The minimum absolute atomic E-state index is 0.0157. The summed E-state index contributed by atoms with van der Waals surface area (Å²) in [5, 5.41) is 2.50. The maximum atomic E-state index is 13.5. The maximum absolute atomic E-state index is 13.5. The first kappa shape index (κ1) is 12.5. The molecule has 1 fully saturated rings. The second-order valence-corrected chi connectivity index (χ2v) is 4.49. The van der Waals surface area contributed by atoms with Crippen LogP contribution in [0.3, 0.4) is 0 Å². The number of halogens is 1. The number of rotatable bonds is 3. The number of esters is 1. The molecular weight excluding hydrogens is 237 g/mol. The summed E-state index contributed by atoms with van der Waals surface area (Å²) >= 11 is 0. The lowest BCUT2D eigenvalue weighted by Crippen LogP contribution is -2.16. The molecule has 1 aromatic rings. The summed E-state index contributed by atoms with van der Waals surface area (Å²) in [6.45, 7) is 1.96. The maximum Gasteiger partial charge on any atom is 0.337 e. The zero-order valence-corrected chi connectivity index (χ0v) is 10.2. The Balaban J connectivity index is 2.16. The third-order valence-corrected chi connectivity index (χ3v) is 3.09. The molecule has 18 heavy (non-hydrogen) atoms. The number of nitrogens with one attached hydrogen (secondary N) is 1. The molecule has 0 aliphatic heterocycles. The number of benzene rings is 1. The third kappa shape index (κ3) is 2.50. The molecule has 0 bridgehead atoms. The topological polar surface area (TPSA) is 55.4 Å². The van der Waals surface area contributed by atoms with Crippen molar-refractivity contribution >= 4 is 17.6 Å². The Kier molecular flexibility index (Phi) is 3.32. The Morgan fingerprint density at radius 3 is 2.67 bits per heavy atom. The summed E-state index contributed by atoms with van der Waals surface area (Å²) in [5.41, 5.74) is 0.222. The van der Waals surface area contributed by atoms with Crippen LogP contribution in [0.2, 0.25) is 0 Å². The molecule has 0 unspecified atom stereocenters. The number of amides is 1. The van der Waals surface area contributed by atoms with Crippen LogP contribution in [0.15, 0.2) is 18.2 Å². The predicted molar refractivity (Wildman–Crippen MR) is 63.6 cm³/mol. The first-order chi connectivity index (χ1) is 8.52. The van der Waals surface area contributed by atoms with Crippen molar-refractivity contribution in [2.45, 2.75) is 13.3 Å². The average Bonchev–Trinajstić information content (AvgIpc) is 3.08. The fraction of sp³-hybridized carbons (Fsp3) is 0.385. The van der Waals surface area contributed by atoms with E-state index in [1.165, 1.54) is 19.2 Å². The standard InChI is InChI=1S/C13H14FNO3/c1-7-5-9(7)12(16)15-11-6-8(13(17)18-2)3-4-10(11)14/h3-4,6-7,9H,5H2,1-2H3,(H,15,16)/t7-,9+/m0/s1. The molecule has 5 heteroatoms. The lowest BCUT2D eigenvalue weighted by Gasteiger charge is -2.07. The van der Waals surface area contributed by atoms with E-state index in [0.717, 1.165) is 12.5 Å². The fourth-order valence-electron chi connectivity index (χ4n) is 1.78. The van der Waals surface area contributed by atoms with Crippen LogP contribution >= 0.6 is 0 Å². The number of anilines is 1. The van der Waals surface area contributed by atoms with Crippen LogP contribution in [0.25, 0.3) is 0 Å². The number of ether oxygens (including phenoxy) is 1. The van der Waals surface area contributed by atoms with Crippen molar-refractivity contribution in [3.63, 3.8) is 0 Å². The van der Waals surface area contributed by atoms with Crippen molar-refractivity contribution in [3.8, 4) is 0 Å². The van der Waals surface area contributed by atoms with E-state index in [0.29, 0.717) is 5.92 Å². The highest BCUT2D eigenvalue weighted by atomic mass is 19.1. The normalized spacial score (nSPS) is 21.3. The molecule has 1 aromatic carbocycles. The summed E-state index contributed by atoms with van der Waals surface area (Å²) in [6.07, 6.45) is 0.824. The summed E-state index contributed by atoms with van der Waals surface area (Å²) < 4.78 is 18.1. The molecule has 0 radical (unpaired) electrons. The highest BCUT2D eigenvalue weighted by Crippen LogP contribution is 2.38. The quantitative estimate of drug-likeness (QED) is 0.838. The van der Waals surface area contributed by atoms with Gasteiger partial charge in [-0.1, -0.05) is 6.92 Å². The molecule has 1 amide bonds. The van der Waals surface area contributed by atoms with Gasteiger partial charge in [-0.15, -0.1) is 0 Å². The minimum atomic E-state index is -0.565. The second-order valence-electron chi connectivity index (χ2n) is 4.49. The number of hydrogen-bond donors (Lipinski definition) is 1. The van der Waals surface area contributed by atoms with Gasteiger partial charge >= 0.3 is 5.97 Å². The molecule has 1 saturated carbocycles. The van der Waals surface area contributed by atoms with Gasteiger partial charge in [-0.2, -0.15) is 0 Å². The Morgan fingerprint density at radius 1 is 1.44 bits per heavy atom. The van der Waals surface area contributed by atoms with Crippen LogP contribution in [0.1, 0.15) is 23.7 Å². The molecule has 0 saturated heterocycles. The average molecular weight is 251 g/mol. The van der Waals surface area contributed by atoms with Gasteiger partial charge in [0.1, 0.15) is 5.82 Å². The predicted octanol–water partition coefficient (Wildman–Crippen LogP) is 2.21. The van der Waals surface area contributed by atoms with Crippen LogP contribution in [0.4, 0.5) is 10.1 Å². The van der Waals surface area contributed by atoms with Crippen LogP contribution < -0.4 is 5.32 Å². The van der Waals surface area contributed by atoms with E-state index in [2.05, 4.69) is 10.1 Å². The van der Waals surface area contributed by atoms with Crippen molar-refractivity contribution in [2.24, 2.45) is 11.8 Å². The third-order valence-electron chi connectivity index (χ3n) is 3.09. The minimum Gasteiger partial charge on any atom is -0.465 e. The van der Waals surface area contributed by atoms with Gasteiger partial charge in [-0.3, -0.25) is 4.79 Å². The molecule has 96 valence electrons. The molecule has 1 aliphatic rings. The van der Waals surface area contributed by atoms with Crippen molar-refractivity contribution < 1.29 is 18.7 Å². The van der Waals surface area contributed by atoms with Crippen LogP contribution in [-0.2, 0) is 9.53 Å². The van der Waals surface area contributed by atoms with Crippen LogP contribution in [-0.4, -0.2) is 19.0 Å². The van der Waals surface area contributed by atoms with Gasteiger partial charge in [0, 0.05) is 5.92 Å². The summed E-state index contributed by atoms with van der Waals surface area (Å²) in [6, 6.07) is 3.74. The number of carbonyl (C=O) groups is 2. The van der Waals surface area contributed by atoms with Crippen molar-refractivity contribution in [2.75, 3.05) is 12.4 Å². The number of methoxy groups -OCH3 is 1. The molecule has 2 rings (SSSR count). The zero-order chi connectivity index (χ0) is 13.3. The van der Waals surface area contributed by atoms with Crippen LogP contribution in [0.5, 0.6) is 0 Å². The van der Waals surface area contributed by atoms with E-state index >= 15 is 0 Å². The number of carbonyl (C=O) groups excluding carboxylic acids is 2. The van der Waals surface area contributed by atoms with Gasteiger partial charge < -0.3 is 10.1 Å². The Morgan fingerprint density at radius 2 is 2.11 bits per heavy atom. The first-order valence-electron chi connectivity index (χ1n) is 5.71. The van der Waals surface area contributed by atoms with E-state index in [4.69, 9.17) is 0 Å². The number of hydrogen-bond acceptors (Lipinski definition) is 3. The van der Waals surface area contributed by atoms with Crippen LogP contribution in [0, 0.1) is 17.7 Å². The smallest absolute Gasteiger partial charge is 0.337 e. The Bertz CT molecular complexity index is 501. The summed E-state index contributed by atoms with van der Waals surface area (Å²) in [4.78, 5) is 23.0. The van der Waals surface area contributed by atoms with E-state index in [1.807, 2.05) is 6.92 Å². The van der Waals surface area contributed by atoms with Gasteiger partial charge in [0.2, 0.25) is 5.91 Å². The lowest BCUT2D eigenvalue weighted by molar-refractivity contribution is -0.117. The largest absolute Gasteiger partial charge is 0.465 e. The highest BCUT2D eigenvalue weighted by molar-refractivity contribution is 5.96. The monoisotopic (exact) mass is 251 g/mol.